The molecule has 0 radical (unpaired) electrons. The van der Waals surface area contributed by atoms with Gasteiger partial charge in [0.2, 0.25) is 0 Å². The van der Waals surface area contributed by atoms with Gasteiger partial charge in [0, 0.05) is 58.1 Å². The van der Waals surface area contributed by atoms with Crippen molar-refractivity contribution in [3.63, 3.8) is 0 Å². The summed E-state index contributed by atoms with van der Waals surface area (Å²) >= 11 is 0. The van der Waals surface area contributed by atoms with Gasteiger partial charge in [-0.15, -0.1) is 0 Å². The molecule has 10 fully saturated rings. The number of methoxy groups -OCH3 is 1. The van der Waals surface area contributed by atoms with Gasteiger partial charge in [0.1, 0.15) is 41.9 Å². The summed E-state index contributed by atoms with van der Waals surface area (Å²) in [5.41, 5.74) is 7.51. The maximum atomic E-state index is 14.1. The molecule has 12 bridgehead atoms. The number of carbonyl (C=O) groups is 1. The first-order valence-electron chi connectivity index (χ1n) is 20.5. The highest BCUT2D eigenvalue weighted by Crippen LogP contribution is 2.58. The molecule has 0 aliphatic carbocycles. The summed E-state index contributed by atoms with van der Waals surface area (Å²) in [6.07, 6.45) is 4.60. The van der Waals surface area contributed by atoms with Crippen LogP contribution in [-0.2, 0) is 47.4 Å². The minimum Gasteiger partial charge on any atom is -0.392 e. The van der Waals surface area contributed by atoms with Crippen LogP contribution in [0, 0.1) is 11.8 Å². The molecule has 12 nitrogen and oxygen atoms in total. The molecule has 10 aliphatic heterocycles. The number of Topliss-reactive ketones (excluding diaryl/α,β-unsaturated/α-hetero) is 1. The molecular formula is C41H61NO11. The van der Waals surface area contributed by atoms with Crippen molar-refractivity contribution in [1.82, 2.24) is 0 Å². The lowest BCUT2D eigenvalue weighted by Crippen LogP contribution is -2.61. The maximum Gasteiger partial charge on any atom is 0.172 e. The average Bonchev–Trinajstić information content (AvgIpc) is 3.76. The number of hydrogen-bond acceptors (Lipinski definition) is 12. The van der Waals surface area contributed by atoms with Crippen LogP contribution in [-0.4, -0.2) is 127 Å². The Morgan fingerprint density at radius 1 is 0.849 bits per heavy atom. The maximum absolute atomic E-state index is 14.1. The van der Waals surface area contributed by atoms with Gasteiger partial charge in [-0.2, -0.15) is 0 Å². The molecule has 10 rings (SSSR count). The third-order valence-electron chi connectivity index (χ3n) is 14.4. The number of aliphatic hydroxyl groups is 1. The van der Waals surface area contributed by atoms with Crippen LogP contribution in [0.15, 0.2) is 24.3 Å². The van der Waals surface area contributed by atoms with Gasteiger partial charge in [-0.1, -0.05) is 20.1 Å². The van der Waals surface area contributed by atoms with Crippen LogP contribution in [0.1, 0.15) is 97.3 Å². The van der Waals surface area contributed by atoms with Gasteiger partial charge in [-0.05, 0) is 68.9 Å². The molecule has 0 aromatic heterocycles. The van der Waals surface area contributed by atoms with Gasteiger partial charge in [-0.25, -0.2) is 0 Å². The molecule has 1 spiro atoms. The fourth-order valence-electron chi connectivity index (χ4n) is 11.7. The van der Waals surface area contributed by atoms with Crippen molar-refractivity contribution in [3.05, 3.63) is 24.3 Å². The van der Waals surface area contributed by atoms with Crippen molar-refractivity contribution >= 4 is 5.78 Å². The van der Waals surface area contributed by atoms with Crippen molar-refractivity contribution in [2.75, 3.05) is 13.7 Å². The van der Waals surface area contributed by atoms with E-state index in [1.807, 2.05) is 0 Å². The first kappa shape index (κ1) is 37.3. The van der Waals surface area contributed by atoms with Crippen LogP contribution < -0.4 is 5.73 Å². The average molecular weight is 744 g/mol. The van der Waals surface area contributed by atoms with Crippen LogP contribution in [0.2, 0.25) is 0 Å². The van der Waals surface area contributed by atoms with E-state index in [9.17, 15) is 9.90 Å². The van der Waals surface area contributed by atoms with Crippen LogP contribution in [0.4, 0.5) is 0 Å². The van der Waals surface area contributed by atoms with Crippen LogP contribution in [0.25, 0.3) is 0 Å². The van der Waals surface area contributed by atoms with E-state index in [0.29, 0.717) is 32.1 Å². The molecule has 19 atom stereocenters. The molecule has 3 N–H and O–H groups in total. The van der Waals surface area contributed by atoms with Gasteiger partial charge < -0.3 is 53.5 Å². The van der Waals surface area contributed by atoms with Crippen molar-refractivity contribution < 1.29 is 52.5 Å². The highest BCUT2D eigenvalue weighted by molar-refractivity contribution is 5.79. The summed E-state index contributed by atoms with van der Waals surface area (Å²) in [5.74, 6) is -0.666. The third-order valence-corrected chi connectivity index (χ3v) is 14.4. The lowest BCUT2D eigenvalue weighted by molar-refractivity contribution is -0.294. The van der Waals surface area contributed by atoms with Crippen LogP contribution in [0.5, 0.6) is 0 Å². The monoisotopic (exact) mass is 743 g/mol. The van der Waals surface area contributed by atoms with E-state index in [-0.39, 0.29) is 116 Å². The lowest BCUT2D eigenvalue weighted by atomic mass is 9.81. The predicted molar refractivity (Wildman–Crippen MR) is 191 cm³/mol. The summed E-state index contributed by atoms with van der Waals surface area (Å²) in [6, 6.07) is 0. The van der Waals surface area contributed by atoms with E-state index in [4.69, 9.17) is 48.4 Å². The number of ketones is 1. The Labute approximate surface area is 313 Å². The number of ether oxygens (including phenoxy) is 9. The lowest BCUT2D eigenvalue weighted by Gasteiger charge is -2.47. The van der Waals surface area contributed by atoms with Gasteiger partial charge in [-0.3, -0.25) is 4.79 Å². The van der Waals surface area contributed by atoms with Gasteiger partial charge >= 0.3 is 0 Å². The zero-order valence-electron chi connectivity index (χ0n) is 31.7. The van der Waals surface area contributed by atoms with Crippen molar-refractivity contribution in [3.8, 4) is 0 Å². The molecule has 10 aliphatic rings. The molecular weight excluding hydrogens is 682 g/mol. The molecule has 0 amide bonds. The largest absolute Gasteiger partial charge is 0.392 e. The first-order chi connectivity index (χ1) is 25.4. The summed E-state index contributed by atoms with van der Waals surface area (Å²) in [5, 5.41) is 10.5. The standard InChI is InChI=1S/C41H61NO11/c1-20-12-25-6-8-29-21(2)13-27(46-29)10-11-41-19-40(4)39(53-41)38-37(51-40)36(52-41)35-30(50-38)9-7-26(48-35)14-23(43)15-28-32(17-31(47-25)22(20)3)49-33(34(28)45-5)16-24(44)18-42/h20,24-39,44H,2-3,6-19,42H2,1,4-5H3/t20-,24+,25+,26-,27+,28?,29?,30?,31?,32+,33-,34-,35?,36+,37+,38-,39?,40+,41-/m1/s1. The molecule has 0 aromatic rings. The fourth-order valence-corrected chi connectivity index (χ4v) is 11.7. The summed E-state index contributed by atoms with van der Waals surface area (Å²) in [6.45, 7) is 13.4. The number of aliphatic hydroxyl groups excluding tert-OH is 1. The van der Waals surface area contributed by atoms with Crippen molar-refractivity contribution in [1.29, 1.82) is 0 Å². The Bertz CT molecular complexity index is 1430. The SMILES string of the molecule is C=C1C[C@@H]2CC[C@@]34C[C@]5(C)O[C@H]6[C@@H](O3)C3O[C@H](CCC3O[C@H]6C5O4)CC(=O)CC3[C@H](CC4O[C@@H](CCC1O2)C[C@@H](C)C4=C)O[C@H](C[C@H](O)CN)[C@@H]3OC. The number of fused-ring (bicyclic) bond motifs is 6. The summed E-state index contributed by atoms with van der Waals surface area (Å²) < 4.78 is 60.5. The zero-order chi connectivity index (χ0) is 36.8. The topological polar surface area (TPSA) is 146 Å². The van der Waals surface area contributed by atoms with Gasteiger partial charge in [0.15, 0.2) is 5.79 Å². The summed E-state index contributed by atoms with van der Waals surface area (Å²) in [7, 11) is 1.66. The Balaban J connectivity index is 1.00. The molecule has 0 aromatic carbocycles. The third kappa shape index (κ3) is 6.73. The highest BCUT2D eigenvalue weighted by Gasteiger charge is 2.73. The Kier molecular flexibility index (Phi) is 10.0. The molecule has 0 saturated carbocycles. The van der Waals surface area contributed by atoms with E-state index in [1.165, 1.54) is 0 Å². The van der Waals surface area contributed by atoms with Crippen LogP contribution in [0.3, 0.4) is 0 Å². The molecule has 10 saturated heterocycles. The van der Waals surface area contributed by atoms with E-state index < -0.39 is 23.6 Å². The highest BCUT2D eigenvalue weighted by atomic mass is 16.8. The second-order valence-corrected chi connectivity index (χ2v) is 18.1. The second-order valence-electron chi connectivity index (χ2n) is 18.1. The minimum absolute atomic E-state index is 0.0227. The Morgan fingerprint density at radius 3 is 2.43 bits per heavy atom. The minimum atomic E-state index is -0.818. The summed E-state index contributed by atoms with van der Waals surface area (Å²) in [4.78, 5) is 14.1. The quantitative estimate of drug-likeness (QED) is 0.404. The fraction of sp³-hybridized carbons (Fsp3) is 0.878. The Hall–Kier alpha value is -1.29. The van der Waals surface area contributed by atoms with Crippen molar-refractivity contribution in [2.45, 2.75) is 200 Å². The number of hydrogen-bond donors (Lipinski definition) is 2. The van der Waals surface area contributed by atoms with E-state index in [2.05, 4.69) is 27.0 Å². The Morgan fingerprint density at radius 2 is 1.62 bits per heavy atom. The van der Waals surface area contributed by atoms with Gasteiger partial charge in [0.05, 0.1) is 61.0 Å². The van der Waals surface area contributed by atoms with Crippen LogP contribution >= 0.6 is 0 Å². The molecule has 12 heteroatoms. The van der Waals surface area contributed by atoms with E-state index in [0.717, 1.165) is 49.7 Å². The van der Waals surface area contributed by atoms with E-state index in [1.54, 1.807) is 7.11 Å². The van der Waals surface area contributed by atoms with Crippen molar-refractivity contribution in [2.24, 2.45) is 17.6 Å². The zero-order valence-corrected chi connectivity index (χ0v) is 31.7. The number of carbonyl (C=O) groups excluding carboxylic acids is 1. The molecule has 6 unspecified atom stereocenters. The predicted octanol–water partition coefficient (Wildman–Crippen LogP) is 3.83. The first-order valence-corrected chi connectivity index (χ1v) is 20.5. The van der Waals surface area contributed by atoms with E-state index >= 15 is 0 Å². The molecule has 10 heterocycles. The molecule has 296 valence electrons. The smallest absolute Gasteiger partial charge is 0.172 e. The number of nitrogens with two attached hydrogens (primary N) is 1. The van der Waals surface area contributed by atoms with Gasteiger partial charge in [0.25, 0.3) is 0 Å². The number of rotatable bonds is 4. The molecule has 53 heavy (non-hydrogen) atoms. The normalized spacial score (nSPS) is 53.0. The second kappa shape index (κ2) is 14.3.